The van der Waals surface area contributed by atoms with Gasteiger partial charge in [0.15, 0.2) is 0 Å². The summed E-state index contributed by atoms with van der Waals surface area (Å²) in [7, 11) is 5.22. The minimum Gasteiger partial charge on any atom is -0.399 e. The summed E-state index contributed by atoms with van der Waals surface area (Å²) in [5, 5.41) is 0. The van der Waals surface area contributed by atoms with Crippen LogP contribution in [0.2, 0.25) is 0 Å². The lowest BCUT2D eigenvalue weighted by Crippen LogP contribution is -2.24. The largest absolute Gasteiger partial charge is 0.399 e. The van der Waals surface area contributed by atoms with Crippen molar-refractivity contribution in [3.8, 4) is 0 Å². The van der Waals surface area contributed by atoms with Gasteiger partial charge in [-0.3, -0.25) is 9.59 Å². The van der Waals surface area contributed by atoms with E-state index >= 15 is 0 Å². The van der Waals surface area contributed by atoms with E-state index in [2.05, 4.69) is 0 Å². The summed E-state index contributed by atoms with van der Waals surface area (Å²) in [4.78, 5) is 25.8. The Hall–Kier alpha value is -2.56. The Morgan fingerprint density at radius 3 is 2.29 bits per heavy atom. The number of ketones is 1. The molecule has 2 aromatic rings. The number of benzene rings is 1. The van der Waals surface area contributed by atoms with Crippen molar-refractivity contribution in [2.24, 2.45) is 7.05 Å². The topological polar surface area (TPSA) is 68.3 Å². The quantitative estimate of drug-likeness (QED) is 0.683. The Morgan fingerprint density at radius 2 is 1.71 bits per heavy atom. The number of hydrogen-bond donors (Lipinski definition) is 1. The van der Waals surface area contributed by atoms with Gasteiger partial charge in [0.05, 0.1) is 12.1 Å². The van der Waals surface area contributed by atoms with Gasteiger partial charge in [-0.1, -0.05) is 0 Å². The summed E-state index contributed by atoms with van der Waals surface area (Å²) >= 11 is 0. The zero-order chi connectivity index (χ0) is 15.6. The summed E-state index contributed by atoms with van der Waals surface area (Å²) in [5.74, 6) is -0.0799. The Balaban J connectivity index is 2.25. The Kier molecular flexibility index (Phi) is 4.12. The van der Waals surface area contributed by atoms with E-state index in [0.717, 1.165) is 5.69 Å². The summed E-state index contributed by atoms with van der Waals surface area (Å²) in [6.45, 7) is 0. The van der Waals surface area contributed by atoms with Gasteiger partial charge < -0.3 is 15.2 Å². The van der Waals surface area contributed by atoms with Gasteiger partial charge in [-0.2, -0.15) is 0 Å². The molecule has 1 aromatic heterocycles. The zero-order valence-corrected chi connectivity index (χ0v) is 12.5. The highest BCUT2D eigenvalue weighted by Gasteiger charge is 2.16. The molecule has 0 saturated heterocycles. The highest BCUT2D eigenvalue weighted by atomic mass is 16.2. The first-order valence-corrected chi connectivity index (χ1v) is 6.65. The molecule has 0 aliphatic carbocycles. The van der Waals surface area contributed by atoms with Crippen molar-refractivity contribution in [2.45, 2.75) is 6.42 Å². The fourth-order valence-electron chi connectivity index (χ4n) is 2.05. The zero-order valence-electron chi connectivity index (χ0n) is 12.5. The van der Waals surface area contributed by atoms with E-state index in [4.69, 9.17) is 5.73 Å². The van der Waals surface area contributed by atoms with E-state index in [1.54, 1.807) is 56.0 Å². The monoisotopic (exact) mass is 285 g/mol. The molecular weight excluding hydrogens is 266 g/mol. The third kappa shape index (κ3) is 3.13. The molecule has 5 nitrogen and oxygen atoms in total. The van der Waals surface area contributed by atoms with E-state index in [-0.39, 0.29) is 18.1 Å². The molecule has 21 heavy (non-hydrogen) atoms. The molecule has 0 radical (unpaired) electrons. The Morgan fingerprint density at radius 1 is 1.10 bits per heavy atom. The van der Waals surface area contributed by atoms with Gasteiger partial charge in [0.2, 0.25) is 11.7 Å². The van der Waals surface area contributed by atoms with Crippen LogP contribution < -0.4 is 5.73 Å². The number of rotatable bonds is 4. The number of carbonyl (C=O) groups excluding carboxylic acids is 2. The molecule has 2 N–H and O–H groups in total. The molecule has 0 fully saturated rings. The van der Waals surface area contributed by atoms with E-state index in [0.29, 0.717) is 16.9 Å². The van der Waals surface area contributed by atoms with Crippen molar-refractivity contribution in [3.05, 3.63) is 53.3 Å². The predicted octanol–water partition coefficient (Wildman–Crippen LogP) is 1.47. The number of carbonyl (C=O) groups is 2. The van der Waals surface area contributed by atoms with Crippen LogP contribution in [0.4, 0.5) is 5.69 Å². The highest BCUT2D eigenvalue weighted by molar-refractivity contribution is 6.08. The van der Waals surface area contributed by atoms with Gasteiger partial charge in [-0.25, -0.2) is 0 Å². The molecule has 110 valence electrons. The number of nitrogens with zero attached hydrogens (tertiary/aromatic N) is 2. The van der Waals surface area contributed by atoms with Crippen molar-refractivity contribution in [1.29, 1.82) is 0 Å². The van der Waals surface area contributed by atoms with Crippen LogP contribution in [0.25, 0.3) is 0 Å². The molecule has 0 saturated carbocycles. The van der Waals surface area contributed by atoms with Crippen LogP contribution in [0.3, 0.4) is 0 Å². The summed E-state index contributed by atoms with van der Waals surface area (Å²) in [5.41, 5.74) is 8.19. The van der Waals surface area contributed by atoms with Gasteiger partial charge in [-0.05, 0) is 36.4 Å². The number of hydrogen-bond acceptors (Lipinski definition) is 3. The number of aromatic nitrogens is 1. The second-order valence-corrected chi connectivity index (χ2v) is 5.19. The van der Waals surface area contributed by atoms with Crippen LogP contribution in [0.5, 0.6) is 0 Å². The average Bonchev–Trinajstić information content (AvgIpc) is 2.80. The first-order chi connectivity index (χ1) is 9.90. The van der Waals surface area contributed by atoms with Gasteiger partial charge in [-0.15, -0.1) is 0 Å². The highest BCUT2D eigenvalue weighted by Crippen LogP contribution is 2.15. The molecule has 2 rings (SSSR count). The maximum absolute atomic E-state index is 12.5. The molecule has 5 heteroatoms. The van der Waals surface area contributed by atoms with Crippen LogP contribution in [-0.2, 0) is 18.3 Å². The van der Waals surface area contributed by atoms with Gasteiger partial charge in [0.25, 0.3) is 0 Å². The summed E-state index contributed by atoms with van der Waals surface area (Å²) in [6, 6.07) is 10.4. The van der Waals surface area contributed by atoms with Crippen LogP contribution in [-0.4, -0.2) is 35.3 Å². The first kappa shape index (κ1) is 14.8. The van der Waals surface area contributed by atoms with Gasteiger partial charge in [0, 0.05) is 38.1 Å². The molecule has 0 unspecified atom stereocenters. The Labute approximate surface area is 124 Å². The van der Waals surface area contributed by atoms with Crippen LogP contribution in [0.1, 0.15) is 21.7 Å². The van der Waals surface area contributed by atoms with Crippen molar-refractivity contribution >= 4 is 17.4 Å². The number of nitrogen functional groups attached to an aromatic ring is 1. The maximum Gasteiger partial charge on any atom is 0.227 e. The standard InChI is InChI=1S/C16H19N3O2/c1-18(2)15(20)10-13-8-9-14(19(13)3)16(21)11-4-6-12(17)7-5-11/h4-9H,10,17H2,1-3H3. The number of nitrogens with two attached hydrogens (primary N) is 1. The van der Waals surface area contributed by atoms with E-state index in [9.17, 15) is 9.59 Å². The minimum absolute atomic E-state index is 0.00248. The number of likely N-dealkylation sites (N-methyl/N-ethyl adjacent to an activating group) is 1. The molecule has 0 aliphatic heterocycles. The summed E-state index contributed by atoms with van der Waals surface area (Å²) in [6.07, 6.45) is 0.276. The number of amides is 1. The van der Waals surface area contributed by atoms with E-state index in [1.807, 2.05) is 6.07 Å². The normalized spacial score (nSPS) is 10.4. The molecule has 0 aliphatic rings. The minimum atomic E-state index is -0.0824. The smallest absolute Gasteiger partial charge is 0.227 e. The molecule has 0 atom stereocenters. The summed E-state index contributed by atoms with van der Waals surface area (Å²) < 4.78 is 1.76. The van der Waals surface area contributed by atoms with E-state index in [1.165, 1.54) is 4.90 Å². The SMILES string of the molecule is CN(C)C(=O)Cc1ccc(C(=O)c2ccc(N)cc2)n1C. The average molecular weight is 285 g/mol. The number of anilines is 1. The lowest BCUT2D eigenvalue weighted by molar-refractivity contribution is -0.128. The van der Waals surface area contributed by atoms with Crippen LogP contribution >= 0.6 is 0 Å². The lowest BCUT2D eigenvalue weighted by Gasteiger charge is -2.11. The fraction of sp³-hybridized carbons (Fsp3) is 0.250. The second-order valence-electron chi connectivity index (χ2n) is 5.19. The third-order valence-corrected chi connectivity index (χ3v) is 3.46. The molecular formula is C16H19N3O2. The first-order valence-electron chi connectivity index (χ1n) is 6.65. The molecule has 1 heterocycles. The van der Waals surface area contributed by atoms with E-state index < -0.39 is 0 Å². The van der Waals surface area contributed by atoms with Crippen LogP contribution in [0, 0.1) is 0 Å². The molecule has 0 spiro atoms. The van der Waals surface area contributed by atoms with Crippen molar-refractivity contribution < 1.29 is 9.59 Å². The molecule has 1 amide bonds. The van der Waals surface area contributed by atoms with Crippen molar-refractivity contribution in [1.82, 2.24) is 9.47 Å². The second kappa shape index (κ2) is 5.83. The fourth-order valence-corrected chi connectivity index (χ4v) is 2.05. The molecule has 0 bridgehead atoms. The predicted molar refractivity (Wildman–Crippen MR) is 82.1 cm³/mol. The van der Waals surface area contributed by atoms with Crippen LogP contribution in [0.15, 0.2) is 36.4 Å². The van der Waals surface area contributed by atoms with Gasteiger partial charge in [0.1, 0.15) is 0 Å². The van der Waals surface area contributed by atoms with Gasteiger partial charge >= 0.3 is 0 Å². The van der Waals surface area contributed by atoms with Crippen molar-refractivity contribution in [2.75, 3.05) is 19.8 Å². The Bertz CT molecular complexity index is 669. The molecule has 1 aromatic carbocycles. The van der Waals surface area contributed by atoms with Crippen molar-refractivity contribution in [3.63, 3.8) is 0 Å². The maximum atomic E-state index is 12.5. The third-order valence-electron chi connectivity index (χ3n) is 3.46. The lowest BCUT2D eigenvalue weighted by atomic mass is 10.1.